The Hall–Kier alpha value is 0.790. The van der Waals surface area contributed by atoms with Crippen molar-refractivity contribution in [2.45, 2.75) is 6.23 Å². The summed E-state index contributed by atoms with van der Waals surface area (Å²) in [6.07, 6.45) is 2.15. The van der Waals surface area contributed by atoms with Gasteiger partial charge in [-0.25, -0.2) is 0 Å². The molecule has 1 fully saturated rings. The maximum absolute atomic E-state index is 9.38. The lowest BCUT2D eigenvalue weighted by molar-refractivity contribution is 0.193. The second-order valence-corrected chi connectivity index (χ2v) is 5.12. The molecule has 0 amide bonds. The summed E-state index contributed by atoms with van der Waals surface area (Å²) in [7, 11) is 2.53. The average molecular weight is 223 g/mol. The molecule has 0 bridgehead atoms. The molecule has 0 radical (unpaired) electrons. The first-order valence-corrected chi connectivity index (χ1v) is 6.81. The lowest BCUT2D eigenvalue weighted by atomic mass is 10.5. The van der Waals surface area contributed by atoms with Crippen LogP contribution in [0.3, 0.4) is 0 Å². The molecule has 1 rings (SSSR count). The molecule has 12 heavy (non-hydrogen) atoms. The molecule has 70 valence electrons. The van der Waals surface area contributed by atoms with Gasteiger partial charge in [0.2, 0.25) is 0 Å². The minimum absolute atomic E-state index is 0.483. The first kappa shape index (κ1) is 10.9. The Morgan fingerprint density at radius 3 is 3.08 bits per heavy atom. The highest BCUT2D eigenvalue weighted by Crippen LogP contribution is 2.27. The van der Waals surface area contributed by atoms with Crippen molar-refractivity contribution in [2.75, 3.05) is 23.5 Å². The lowest BCUT2D eigenvalue weighted by Gasteiger charge is -2.14. The van der Waals surface area contributed by atoms with Crippen LogP contribution in [-0.2, 0) is 0 Å². The largest absolute Gasteiger partial charge is 0.375 e. The Labute approximate surface area is 84.2 Å². The van der Waals surface area contributed by atoms with E-state index in [1.54, 1.807) is 0 Å². The second-order valence-electron chi connectivity index (χ2n) is 2.39. The Morgan fingerprint density at radius 2 is 2.50 bits per heavy atom. The molecule has 2 atom stereocenters. The van der Waals surface area contributed by atoms with Gasteiger partial charge in [0, 0.05) is 23.5 Å². The van der Waals surface area contributed by atoms with Crippen molar-refractivity contribution in [3.63, 3.8) is 0 Å². The fourth-order valence-electron chi connectivity index (χ4n) is 0.898. The average Bonchev–Trinajstić information content (AvgIpc) is 2.06. The highest BCUT2D eigenvalue weighted by Gasteiger charge is 2.07. The summed E-state index contributed by atoms with van der Waals surface area (Å²) in [5.41, 5.74) is 0. The first-order valence-electron chi connectivity index (χ1n) is 3.85. The number of aliphatic hydroxyl groups excluding tert-OH is 1. The van der Waals surface area contributed by atoms with Gasteiger partial charge in [-0.1, -0.05) is 0 Å². The predicted molar refractivity (Wildman–Crippen MR) is 61.6 cm³/mol. The van der Waals surface area contributed by atoms with Gasteiger partial charge < -0.3 is 5.11 Å². The van der Waals surface area contributed by atoms with Gasteiger partial charge in [-0.2, -0.15) is 11.8 Å². The SMILES string of the molecule is OC(/C=C1\CSCCS1)NCP. The highest BCUT2D eigenvalue weighted by molar-refractivity contribution is 8.09. The van der Waals surface area contributed by atoms with Crippen LogP contribution < -0.4 is 5.32 Å². The minimum Gasteiger partial charge on any atom is -0.375 e. The number of thioether (sulfide) groups is 2. The summed E-state index contributed by atoms with van der Waals surface area (Å²) in [5.74, 6) is 3.46. The zero-order valence-electron chi connectivity index (χ0n) is 6.82. The molecule has 1 aliphatic rings. The number of nitrogens with one attached hydrogen (secondary N) is 1. The standard InChI is InChI=1S/C7H14NOPS2/c9-7(8-5-10)3-6-4-11-1-2-12-6/h3,7-9H,1-2,4-5,10H2/b6-3+. The van der Waals surface area contributed by atoms with E-state index in [0.29, 0.717) is 0 Å². The van der Waals surface area contributed by atoms with Crippen LogP contribution in [0.25, 0.3) is 0 Å². The summed E-state index contributed by atoms with van der Waals surface area (Å²) in [4.78, 5) is 1.30. The van der Waals surface area contributed by atoms with Crippen LogP contribution in [0.2, 0.25) is 0 Å². The molecule has 0 aliphatic carbocycles. The predicted octanol–water partition coefficient (Wildman–Crippen LogP) is 1.09. The van der Waals surface area contributed by atoms with Crippen molar-refractivity contribution in [1.29, 1.82) is 0 Å². The third-order valence-corrected chi connectivity index (χ3v) is 4.17. The fraction of sp³-hybridized carbons (Fsp3) is 0.714. The Balaban J connectivity index is 2.32. The van der Waals surface area contributed by atoms with Gasteiger partial charge in [0.15, 0.2) is 0 Å². The van der Waals surface area contributed by atoms with Crippen molar-refractivity contribution >= 4 is 32.8 Å². The summed E-state index contributed by atoms with van der Waals surface area (Å²) in [6.45, 7) is 0. The molecule has 1 saturated heterocycles. The zero-order chi connectivity index (χ0) is 8.81. The van der Waals surface area contributed by atoms with E-state index < -0.39 is 6.23 Å². The number of hydrogen-bond donors (Lipinski definition) is 2. The van der Waals surface area contributed by atoms with Crippen LogP contribution in [0.15, 0.2) is 11.0 Å². The first-order chi connectivity index (χ1) is 5.83. The van der Waals surface area contributed by atoms with Crippen molar-refractivity contribution in [3.8, 4) is 0 Å². The molecule has 2 unspecified atom stereocenters. The van der Waals surface area contributed by atoms with Crippen molar-refractivity contribution in [1.82, 2.24) is 5.32 Å². The Morgan fingerprint density at radius 1 is 1.67 bits per heavy atom. The third kappa shape index (κ3) is 4.15. The summed E-state index contributed by atoms with van der Waals surface area (Å²) in [6, 6.07) is 0. The van der Waals surface area contributed by atoms with Crippen LogP contribution in [0.4, 0.5) is 0 Å². The number of hydrogen-bond acceptors (Lipinski definition) is 4. The van der Waals surface area contributed by atoms with E-state index in [4.69, 9.17) is 0 Å². The van der Waals surface area contributed by atoms with Gasteiger partial charge in [0.25, 0.3) is 0 Å². The normalized spacial score (nSPS) is 24.3. The van der Waals surface area contributed by atoms with E-state index in [2.05, 4.69) is 14.6 Å². The van der Waals surface area contributed by atoms with Crippen molar-refractivity contribution < 1.29 is 5.11 Å². The fourth-order valence-corrected chi connectivity index (χ4v) is 3.46. The van der Waals surface area contributed by atoms with Gasteiger partial charge >= 0.3 is 0 Å². The molecule has 1 aliphatic heterocycles. The Bertz CT molecular complexity index is 157. The molecule has 2 nitrogen and oxygen atoms in total. The van der Waals surface area contributed by atoms with Gasteiger partial charge in [-0.05, 0) is 11.0 Å². The van der Waals surface area contributed by atoms with Crippen molar-refractivity contribution in [3.05, 3.63) is 11.0 Å². The highest BCUT2D eigenvalue weighted by atomic mass is 32.2. The molecular weight excluding hydrogens is 209 g/mol. The quantitative estimate of drug-likeness (QED) is 0.554. The minimum atomic E-state index is -0.483. The van der Waals surface area contributed by atoms with Gasteiger partial charge in [-0.15, -0.1) is 21.0 Å². The molecule has 0 saturated carbocycles. The maximum Gasteiger partial charge on any atom is 0.125 e. The van der Waals surface area contributed by atoms with E-state index in [1.807, 2.05) is 29.6 Å². The number of aliphatic hydroxyl groups is 1. The number of rotatable bonds is 3. The summed E-state index contributed by atoms with van der Waals surface area (Å²) >= 11 is 3.78. The van der Waals surface area contributed by atoms with Crippen molar-refractivity contribution in [2.24, 2.45) is 0 Å². The van der Waals surface area contributed by atoms with Crippen LogP contribution >= 0.6 is 32.8 Å². The zero-order valence-corrected chi connectivity index (χ0v) is 9.61. The molecule has 0 aromatic rings. The molecule has 0 aromatic carbocycles. The smallest absolute Gasteiger partial charge is 0.125 e. The third-order valence-electron chi connectivity index (χ3n) is 1.43. The maximum atomic E-state index is 9.38. The monoisotopic (exact) mass is 223 g/mol. The topological polar surface area (TPSA) is 32.3 Å². The van der Waals surface area contributed by atoms with Gasteiger partial charge in [0.05, 0.1) is 0 Å². The second kappa shape index (κ2) is 6.28. The van der Waals surface area contributed by atoms with E-state index in [1.165, 1.54) is 16.4 Å². The Kier molecular flexibility index (Phi) is 5.68. The molecule has 1 heterocycles. The van der Waals surface area contributed by atoms with Crippen LogP contribution in [-0.4, -0.2) is 34.9 Å². The lowest BCUT2D eigenvalue weighted by Crippen LogP contribution is -2.25. The molecule has 0 spiro atoms. The van der Waals surface area contributed by atoms with E-state index in [-0.39, 0.29) is 0 Å². The van der Waals surface area contributed by atoms with Crippen LogP contribution in [0, 0.1) is 0 Å². The molecular formula is C7H14NOPS2. The summed E-state index contributed by atoms with van der Waals surface area (Å²) in [5, 5.41) is 12.3. The van der Waals surface area contributed by atoms with Crippen LogP contribution in [0.5, 0.6) is 0 Å². The van der Waals surface area contributed by atoms with Crippen LogP contribution in [0.1, 0.15) is 0 Å². The molecule has 2 N–H and O–H groups in total. The summed E-state index contributed by atoms with van der Waals surface area (Å²) < 4.78 is 0. The van der Waals surface area contributed by atoms with E-state index in [9.17, 15) is 5.11 Å². The molecule has 5 heteroatoms. The van der Waals surface area contributed by atoms with E-state index >= 15 is 0 Å². The molecule has 0 aromatic heterocycles. The van der Waals surface area contributed by atoms with E-state index in [0.717, 1.165) is 12.0 Å². The van der Waals surface area contributed by atoms with Gasteiger partial charge in [-0.3, -0.25) is 5.32 Å². The van der Waals surface area contributed by atoms with Gasteiger partial charge in [0.1, 0.15) is 6.23 Å².